The van der Waals surface area contributed by atoms with E-state index in [9.17, 15) is 9.59 Å². The van der Waals surface area contributed by atoms with Crippen LogP contribution in [0.3, 0.4) is 0 Å². The summed E-state index contributed by atoms with van der Waals surface area (Å²) >= 11 is 1.60. The first-order valence-electron chi connectivity index (χ1n) is 9.95. The molecule has 3 aromatic rings. The van der Waals surface area contributed by atoms with Gasteiger partial charge in [-0.1, -0.05) is 12.1 Å². The van der Waals surface area contributed by atoms with Crippen molar-refractivity contribution in [1.29, 1.82) is 0 Å². The van der Waals surface area contributed by atoms with Crippen LogP contribution in [0.5, 0.6) is 0 Å². The molecule has 1 saturated carbocycles. The highest BCUT2D eigenvalue weighted by atomic mass is 32.1. The predicted octanol–water partition coefficient (Wildman–Crippen LogP) is 4.95. The Kier molecular flexibility index (Phi) is 4.64. The van der Waals surface area contributed by atoms with Crippen LogP contribution in [-0.4, -0.2) is 23.3 Å². The average Bonchev–Trinajstić information content (AvgIpc) is 3.33. The molecule has 2 aliphatic rings. The van der Waals surface area contributed by atoms with Gasteiger partial charge >= 0.3 is 0 Å². The van der Waals surface area contributed by atoms with Crippen LogP contribution >= 0.6 is 11.3 Å². The van der Waals surface area contributed by atoms with Crippen LogP contribution in [0.4, 0.5) is 11.4 Å². The van der Waals surface area contributed by atoms with Crippen LogP contribution in [0.1, 0.15) is 25.7 Å². The molecule has 1 aliphatic carbocycles. The summed E-state index contributed by atoms with van der Waals surface area (Å²) in [6, 6.07) is 15.9. The fourth-order valence-electron chi connectivity index (χ4n) is 3.56. The molecule has 146 valence electrons. The molecule has 1 saturated heterocycles. The molecule has 6 heteroatoms. The van der Waals surface area contributed by atoms with Gasteiger partial charge in [0.1, 0.15) is 5.01 Å². The Labute approximate surface area is 173 Å². The lowest BCUT2D eigenvalue weighted by molar-refractivity contribution is -0.118. The SMILES string of the molecule is O=C(Nc1ccc(-c2nc(-c3ccc(N4CCCC4=O)cc3)cs2)cc1)C1CC1. The van der Waals surface area contributed by atoms with Crippen molar-refractivity contribution >= 4 is 34.5 Å². The van der Waals surface area contributed by atoms with Crippen molar-refractivity contribution in [2.24, 2.45) is 5.92 Å². The zero-order chi connectivity index (χ0) is 19.8. The molecule has 1 aromatic heterocycles. The Bertz CT molecular complexity index is 1050. The Morgan fingerprint density at radius 1 is 1.03 bits per heavy atom. The second-order valence-electron chi connectivity index (χ2n) is 7.57. The first-order chi connectivity index (χ1) is 14.2. The third-order valence-electron chi connectivity index (χ3n) is 5.40. The van der Waals surface area contributed by atoms with Crippen LogP contribution < -0.4 is 10.2 Å². The number of anilines is 2. The molecular weight excluding hydrogens is 382 g/mol. The van der Waals surface area contributed by atoms with Gasteiger partial charge in [-0.2, -0.15) is 0 Å². The molecule has 1 aliphatic heterocycles. The van der Waals surface area contributed by atoms with Gasteiger partial charge < -0.3 is 10.2 Å². The number of amides is 2. The first-order valence-corrected chi connectivity index (χ1v) is 10.8. The fourth-order valence-corrected chi connectivity index (χ4v) is 4.39. The van der Waals surface area contributed by atoms with E-state index in [1.165, 1.54) is 0 Å². The molecule has 0 radical (unpaired) electrons. The number of carbonyl (C=O) groups excluding carboxylic acids is 2. The number of carbonyl (C=O) groups is 2. The molecule has 5 rings (SSSR count). The smallest absolute Gasteiger partial charge is 0.227 e. The highest BCUT2D eigenvalue weighted by molar-refractivity contribution is 7.13. The number of benzene rings is 2. The Hall–Kier alpha value is -2.99. The lowest BCUT2D eigenvalue weighted by Crippen LogP contribution is -2.23. The molecule has 0 spiro atoms. The van der Waals surface area contributed by atoms with Crippen LogP contribution in [0.15, 0.2) is 53.9 Å². The van der Waals surface area contributed by atoms with Crippen LogP contribution in [0.25, 0.3) is 21.8 Å². The average molecular weight is 404 g/mol. The number of hydrogen-bond acceptors (Lipinski definition) is 4. The van der Waals surface area contributed by atoms with Crippen LogP contribution in [-0.2, 0) is 9.59 Å². The lowest BCUT2D eigenvalue weighted by atomic mass is 10.1. The molecule has 2 amide bonds. The Balaban J connectivity index is 1.30. The molecule has 29 heavy (non-hydrogen) atoms. The van der Waals surface area contributed by atoms with E-state index in [-0.39, 0.29) is 17.7 Å². The minimum absolute atomic E-state index is 0.119. The maximum absolute atomic E-state index is 11.9. The number of nitrogens with zero attached hydrogens (tertiary/aromatic N) is 2. The molecule has 5 nitrogen and oxygen atoms in total. The summed E-state index contributed by atoms with van der Waals surface area (Å²) in [4.78, 5) is 30.4. The van der Waals surface area contributed by atoms with Gasteiger partial charge in [0.25, 0.3) is 0 Å². The Morgan fingerprint density at radius 2 is 1.76 bits per heavy atom. The summed E-state index contributed by atoms with van der Waals surface area (Å²) in [7, 11) is 0. The quantitative estimate of drug-likeness (QED) is 0.655. The van der Waals surface area contributed by atoms with Gasteiger partial charge in [0.2, 0.25) is 11.8 Å². The standard InChI is InChI=1S/C23H21N3O2S/c27-21-2-1-13-26(21)19-11-7-15(8-12-19)20-14-29-23(25-20)17-5-9-18(10-6-17)24-22(28)16-3-4-16/h5-12,14,16H,1-4,13H2,(H,24,28). The normalized spacial score (nSPS) is 16.3. The van der Waals surface area contributed by atoms with Gasteiger partial charge in [0.05, 0.1) is 5.69 Å². The van der Waals surface area contributed by atoms with Gasteiger partial charge in [-0.05, 0) is 55.7 Å². The van der Waals surface area contributed by atoms with E-state index in [4.69, 9.17) is 4.98 Å². The van der Waals surface area contributed by atoms with Crippen LogP contribution in [0, 0.1) is 5.92 Å². The summed E-state index contributed by atoms with van der Waals surface area (Å²) < 4.78 is 0. The third kappa shape index (κ3) is 3.80. The lowest BCUT2D eigenvalue weighted by Gasteiger charge is -2.15. The summed E-state index contributed by atoms with van der Waals surface area (Å²) in [5.41, 5.74) is 4.78. The largest absolute Gasteiger partial charge is 0.326 e. The number of thiazole rings is 1. The molecule has 0 atom stereocenters. The second kappa shape index (κ2) is 7.44. The summed E-state index contributed by atoms with van der Waals surface area (Å²) in [5, 5.41) is 5.95. The van der Waals surface area contributed by atoms with Crippen molar-refractivity contribution in [1.82, 2.24) is 4.98 Å². The molecule has 0 unspecified atom stereocenters. The zero-order valence-corrected chi connectivity index (χ0v) is 16.7. The highest BCUT2D eigenvalue weighted by Gasteiger charge is 2.29. The van der Waals surface area contributed by atoms with E-state index in [1.807, 2.05) is 58.8 Å². The molecule has 2 heterocycles. The van der Waals surface area contributed by atoms with Crippen molar-refractivity contribution in [3.8, 4) is 21.8 Å². The molecule has 2 fully saturated rings. The highest BCUT2D eigenvalue weighted by Crippen LogP contribution is 2.32. The van der Waals surface area contributed by atoms with E-state index in [0.29, 0.717) is 6.42 Å². The number of rotatable bonds is 5. The number of aromatic nitrogens is 1. The first kappa shape index (κ1) is 18.1. The monoisotopic (exact) mass is 403 g/mol. The summed E-state index contributed by atoms with van der Waals surface area (Å²) in [6.07, 6.45) is 3.57. The maximum atomic E-state index is 11.9. The summed E-state index contributed by atoms with van der Waals surface area (Å²) in [5.74, 6) is 0.519. The van der Waals surface area contributed by atoms with Crippen molar-refractivity contribution in [2.45, 2.75) is 25.7 Å². The number of hydrogen-bond donors (Lipinski definition) is 1. The van der Waals surface area contributed by atoms with E-state index in [1.54, 1.807) is 11.3 Å². The minimum atomic E-state index is 0.119. The van der Waals surface area contributed by atoms with Crippen molar-refractivity contribution in [3.63, 3.8) is 0 Å². The maximum Gasteiger partial charge on any atom is 0.227 e. The summed E-state index contributed by atoms with van der Waals surface area (Å²) in [6.45, 7) is 0.802. The molecule has 2 aromatic carbocycles. The van der Waals surface area contributed by atoms with Gasteiger partial charge in [0.15, 0.2) is 0 Å². The van der Waals surface area contributed by atoms with E-state index < -0.39 is 0 Å². The van der Waals surface area contributed by atoms with Gasteiger partial charge in [-0.25, -0.2) is 4.98 Å². The van der Waals surface area contributed by atoms with Gasteiger partial charge in [0, 0.05) is 46.8 Å². The van der Waals surface area contributed by atoms with E-state index in [2.05, 4.69) is 5.32 Å². The molecule has 0 bridgehead atoms. The van der Waals surface area contributed by atoms with Gasteiger partial charge in [-0.15, -0.1) is 11.3 Å². The number of nitrogens with one attached hydrogen (secondary N) is 1. The molecule has 1 N–H and O–H groups in total. The minimum Gasteiger partial charge on any atom is -0.326 e. The second-order valence-corrected chi connectivity index (χ2v) is 8.43. The van der Waals surface area contributed by atoms with Crippen LogP contribution in [0.2, 0.25) is 0 Å². The predicted molar refractivity (Wildman–Crippen MR) is 116 cm³/mol. The van der Waals surface area contributed by atoms with Crippen molar-refractivity contribution < 1.29 is 9.59 Å². The fraction of sp³-hybridized carbons (Fsp3) is 0.261. The van der Waals surface area contributed by atoms with E-state index >= 15 is 0 Å². The van der Waals surface area contributed by atoms with Crippen molar-refractivity contribution in [2.75, 3.05) is 16.8 Å². The third-order valence-corrected chi connectivity index (χ3v) is 6.29. The zero-order valence-electron chi connectivity index (χ0n) is 15.9. The van der Waals surface area contributed by atoms with Crippen molar-refractivity contribution in [3.05, 3.63) is 53.9 Å². The molecular formula is C23H21N3O2S. The van der Waals surface area contributed by atoms with Gasteiger partial charge in [-0.3, -0.25) is 9.59 Å². The van der Waals surface area contributed by atoms with E-state index in [0.717, 1.165) is 59.0 Å². The topological polar surface area (TPSA) is 62.3 Å². The Morgan fingerprint density at radius 3 is 2.41 bits per heavy atom.